The zero-order valence-electron chi connectivity index (χ0n) is 12.7. The third kappa shape index (κ3) is 5.36. The van der Waals surface area contributed by atoms with Crippen molar-refractivity contribution >= 4 is 33.0 Å². The number of non-ortho nitro benzene ring substituents is 1. The molecule has 2 aromatic rings. The van der Waals surface area contributed by atoms with Crippen LogP contribution < -0.4 is 10.0 Å². The van der Waals surface area contributed by atoms with Crippen molar-refractivity contribution in [1.82, 2.24) is 0 Å². The van der Waals surface area contributed by atoms with Crippen molar-refractivity contribution in [1.29, 1.82) is 0 Å². The number of carbonyl (C=O) groups excluding carboxylic acids is 1. The van der Waals surface area contributed by atoms with Crippen molar-refractivity contribution in [2.75, 3.05) is 16.3 Å². The minimum atomic E-state index is -3.35. The molecule has 1 amide bonds. The highest BCUT2D eigenvalue weighted by Gasteiger charge is 2.08. The Kier molecular flexibility index (Phi) is 5.14. The maximum atomic E-state index is 12.0. The number of nitro benzene ring substituents is 1. The van der Waals surface area contributed by atoms with Crippen LogP contribution in [0.15, 0.2) is 48.5 Å². The summed E-state index contributed by atoms with van der Waals surface area (Å²) >= 11 is 0. The summed E-state index contributed by atoms with van der Waals surface area (Å²) in [4.78, 5) is 22.0. The van der Waals surface area contributed by atoms with Gasteiger partial charge >= 0.3 is 0 Å². The van der Waals surface area contributed by atoms with E-state index in [4.69, 9.17) is 0 Å². The van der Waals surface area contributed by atoms with Gasteiger partial charge in [0.05, 0.1) is 17.6 Å². The van der Waals surface area contributed by atoms with E-state index < -0.39 is 14.9 Å². The van der Waals surface area contributed by atoms with Gasteiger partial charge in [-0.3, -0.25) is 19.6 Å². The number of nitrogens with zero attached hydrogens (tertiary/aromatic N) is 1. The summed E-state index contributed by atoms with van der Waals surface area (Å²) in [6.07, 6.45) is 1.12. The minimum absolute atomic E-state index is 0.0341. The predicted octanol–water partition coefficient (Wildman–Crippen LogP) is 2.15. The number of nitrogens with one attached hydrogen (secondary N) is 2. The maximum absolute atomic E-state index is 12.0. The second-order valence-electron chi connectivity index (χ2n) is 5.10. The van der Waals surface area contributed by atoms with E-state index in [9.17, 15) is 23.3 Å². The van der Waals surface area contributed by atoms with Gasteiger partial charge in [0.25, 0.3) is 5.69 Å². The summed E-state index contributed by atoms with van der Waals surface area (Å²) in [5, 5.41) is 13.2. The lowest BCUT2D eigenvalue weighted by Gasteiger charge is -2.07. The van der Waals surface area contributed by atoms with Gasteiger partial charge in [0, 0.05) is 23.5 Å². The van der Waals surface area contributed by atoms with E-state index in [0.717, 1.165) is 6.26 Å². The largest absolute Gasteiger partial charge is 0.326 e. The molecule has 0 unspecified atom stereocenters. The SMILES string of the molecule is CS(=O)(=O)Nc1ccc(NC(=O)Cc2ccc([N+](=O)[O-])cc2)cc1. The zero-order chi connectivity index (χ0) is 17.7. The standard InChI is InChI=1S/C15H15N3O5S/c1-24(22,23)17-13-6-4-12(5-7-13)16-15(19)10-11-2-8-14(9-3-11)18(20)21/h2-9,17H,10H2,1H3,(H,16,19). The molecule has 0 aliphatic rings. The molecule has 0 aliphatic carbocycles. The Hall–Kier alpha value is -2.94. The highest BCUT2D eigenvalue weighted by Crippen LogP contribution is 2.16. The van der Waals surface area contributed by atoms with E-state index in [-0.39, 0.29) is 18.0 Å². The molecule has 0 heterocycles. The van der Waals surface area contributed by atoms with Crippen LogP contribution in [-0.2, 0) is 21.2 Å². The molecule has 126 valence electrons. The number of amides is 1. The normalized spacial score (nSPS) is 10.9. The molecular weight excluding hydrogens is 334 g/mol. The molecule has 0 aromatic heterocycles. The Morgan fingerprint density at radius 3 is 2.08 bits per heavy atom. The number of hydrogen-bond donors (Lipinski definition) is 2. The lowest BCUT2D eigenvalue weighted by atomic mass is 10.1. The topological polar surface area (TPSA) is 118 Å². The predicted molar refractivity (Wildman–Crippen MR) is 90.3 cm³/mol. The molecular formula is C15H15N3O5S. The molecule has 0 aliphatic heterocycles. The lowest BCUT2D eigenvalue weighted by molar-refractivity contribution is -0.384. The van der Waals surface area contributed by atoms with Crippen LogP contribution in [0.4, 0.5) is 17.1 Å². The maximum Gasteiger partial charge on any atom is 0.269 e. The third-order valence-corrected chi connectivity index (χ3v) is 3.59. The van der Waals surface area contributed by atoms with Crippen molar-refractivity contribution < 1.29 is 18.1 Å². The highest BCUT2D eigenvalue weighted by atomic mass is 32.2. The van der Waals surface area contributed by atoms with Crippen LogP contribution >= 0.6 is 0 Å². The van der Waals surface area contributed by atoms with Crippen LogP contribution in [0.25, 0.3) is 0 Å². The van der Waals surface area contributed by atoms with Crippen molar-refractivity contribution in [2.45, 2.75) is 6.42 Å². The Bertz CT molecular complexity index is 846. The Balaban J connectivity index is 1.95. The Morgan fingerprint density at radius 2 is 1.58 bits per heavy atom. The highest BCUT2D eigenvalue weighted by molar-refractivity contribution is 7.92. The van der Waals surface area contributed by atoms with Gasteiger partial charge < -0.3 is 5.32 Å². The summed E-state index contributed by atoms with van der Waals surface area (Å²) in [6.45, 7) is 0. The van der Waals surface area contributed by atoms with Gasteiger partial charge in [0.1, 0.15) is 0 Å². The minimum Gasteiger partial charge on any atom is -0.326 e. The van der Waals surface area contributed by atoms with Gasteiger partial charge in [-0.1, -0.05) is 12.1 Å². The quantitative estimate of drug-likeness (QED) is 0.612. The molecule has 9 heteroatoms. The van der Waals surface area contributed by atoms with Crippen LogP contribution in [0.5, 0.6) is 0 Å². The van der Waals surface area contributed by atoms with Crippen molar-refractivity contribution in [2.24, 2.45) is 0 Å². The van der Waals surface area contributed by atoms with Crippen molar-refractivity contribution in [3.63, 3.8) is 0 Å². The molecule has 0 atom stereocenters. The lowest BCUT2D eigenvalue weighted by Crippen LogP contribution is -2.14. The molecule has 8 nitrogen and oxygen atoms in total. The first-order chi connectivity index (χ1) is 11.2. The van der Waals surface area contributed by atoms with Gasteiger partial charge in [0.15, 0.2) is 0 Å². The van der Waals surface area contributed by atoms with E-state index in [2.05, 4.69) is 10.0 Å². The average Bonchev–Trinajstić information content (AvgIpc) is 2.48. The fourth-order valence-corrected chi connectivity index (χ4v) is 2.53. The molecule has 24 heavy (non-hydrogen) atoms. The van der Waals surface area contributed by atoms with Crippen LogP contribution in [0, 0.1) is 10.1 Å². The van der Waals surface area contributed by atoms with Crippen LogP contribution in [0.3, 0.4) is 0 Å². The number of carbonyl (C=O) groups is 1. The fourth-order valence-electron chi connectivity index (χ4n) is 1.96. The first-order valence-corrected chi connectivity index (χ1v) is 8.73. The fraction of sp³-hybridized carbons (Fsp3) is 0.133. The summed E-state index contributed by atoms with van der Waals surface area (Å²) in [6, 6.07) is 11.9. The first kappa shape index (κ1) is 17.4. The van der Waals surface area contributed by atoms with Gasteiger partial charge in [-0.2, -0.15) is 0 Å². The van der Waals surface area contributed by atoms with Gasteiger partial charge in [-0.15, -0.1) is 0 Å². The zero-order valence-corrected chi connectivity index (χ0v) is 13.5. The van der Waals surface area contributed by atoms with Gasteiger partial charge in [-0.05, 0) is 29.8 Å². The van der Waals surface area contributed by atoms with E-state index in [1.54, 1.807) is 12.1 Å². The number of benzene rings is 2. The number of nitro groups is 1. The smallest absolute Gasteiger partial charge is 0.269 e. The van der Waals surface area contributed by atoms with Gasteiger partial charge in [-0.25, -0.2) is 8.42 Å². The van der Waals surface area contributed by atoms with Crippen molar-refractivity contribution in [3.05, 3.63) is 64.2 Å². The van der Waals surface area contributed by atoms with E-state index in [1.165, 1.54) is 36.4 Å². The molecule has 0 saturated carbocycles. The Morgan fingerprint density at radius 1 is 1.04 bits per heavy atom. The first-order valence-electron chi connectivity index (χ1n) is 6.84. The molecule has 0 radical (unpaired) electrons. The number of sulfonamides is 1. The van der Waals surface area contributed by atoms with E-state index >= 15 is 0 Å². The second-order valence-corrected chi connectivity index (χ2v) is 6.85. The summed E-state index contributed by atoms with van der Waals surface area (Å²) < 4.78 is 24.5. The monoisotopic (exact) mass is 349 g/mol. The van der Waals surface area contributed by atoms with E-state index in [0.29, 0.717) is 16.9 Å². The second kappa shape index (κ2) is 7.09. The molecule has 0 bridgehead atoms. The number of anilines is 2. The Labute approximate surface area is 138 Å². The van der Waals surface area contributed by atoms with Crippen LogP contribution in [0.1, 0.15) is 5.56 Å². The number of rotatable bonds is 6. The molecule has 0 saturated heterocycles. The van der Waals surface area contributed by atoms with Gasteiger partial charge in [0.2, 0.25) is 15.9 Å². The van der Waals surface area contributed by atoms with Crippen LogP contribution in [-0.4, -0.2) is 25.5 Å². The molecule has 0 spiro atoms. The molecule has 0 fully saturated rings. The molecule has 2 N–H and O–H groups in total. The third-order valence-electron chi connectivity index (χ3n) is 2.98. The summed E-state index contributed by atoms with van der Waals surface area (Å²) in [5.74, 6) is -0.285. The number of hydrogen-bond acceptors (Lipinski definition) is 5. The van der Waals surface area contributed by atoms with Crippen LogP contribution in [0.2, 0.25) is 0 Å². The van der Waals surface area contributed by atoms with E-state index in [1.807, 2.05) is 0 Å². The summed E-state index contributed by atoms with van der Waals surface area (Å²) in [7, 11) is -3.35. The summed E-state index contributed by atoms with van der Waals surface area (Å²) in [5.41, 5.74) is 1.52. The average molecular weight is 349 g/mol. The van der Waals surface area contributed by atoms with Crippen molar-refractivity contribution in [3.8, 4) is 0 Å². The molecule has 2 aromatic carbocycles. The molecule has 2 rings (SSSR count).